The van der Waals surface area contributed by atoms with Gasteiger partial charge in [0.2, 0.25) is 0 Å². The molecule has 0 aromatic heterocycles. The summed E-state index contributed by atoms with van der Waals surface area (Å²) in [6.45, 7) is 0. The molecular weight excluding hydrogens is 164 g/mol. The van der Waals surface area contributed by atoms with Crippen LogP contribution in [0.3, 0.4) is 0 Å². The van der Waals surface area contributed by atoms with Crippen molar-refractivity contribution >= 4 is 55.5 Å². The zero-order chi connectivity index (χ0) is 6.28. The van der Waals surface area contributed by atoms with E-state index in [4.69, 9.17) is 23.4 Å². The fraction of sp³-hybridized carbons (Fsp3) is 0. The molecule has 0 aromatic carbocycles. The van der Waals surface area contributed by atoms with Gasteiger partial charge in [0, 0.05) is 0 Å². The Morgan fingerprint density at radius 1 is 1.25 bits per heavy atom. The van der Waals surface area contributed by atoms with Gasteiger partial charge < -0.3 is 15.0 Å². The molecule has 0 saturated heterocycles. The van der Waals surface area contributed by atoms with Gasteiger partial charge in [0.25, 0.3) is 0 Å². The fourth-order valence-electron chi connectivity index (χ4n) is 0. The van der Waals surface area contributed by atoms with Gasteiger partial charge in [-0.15, -0.1) is 0 Å². The summed E-state index contributed by atoms with van der Waals surface area (Å²) in [7, 11) is 0. The molecule has 42 valence electrons. The Kier molecular flexibility index (Phi) is 30.9. The van der Waals surface area contributed by atoms with Crippen LogP contribution in [-0.2, 0) is 11.6 Å². The minimum Gasteiger partial charge on any atom is -0.652 e. The van der Waals surface area contributed by atoms with Gasteiger partial charge in [-0.2, -0.15) is 8.42 Å². The Labute approximate surface area is 78.3 Å². The summed E-state index contributed by atoms with van der Waals surface area (Å²) in [5.74, 6) is 0. The van der Waals surface area contributed by atoms with E-state index >= 15 is 0 Å². The molecule has 0 N–H and O–H groups in total. The van der Waals surface area contributed by atoms with Crippen molar-refractivity contribution in [1.82, 2.24) is 0 Å². The SMILES string of the molecule is O=C([O-])[O-].O=S=O.[Ca+2]. The number of rotatable bonds is 0. The van der Waals surface area contributed by atoms with Gasteiger partial charge in [-0.3, -0.25) is 0 Å². The van der Waals surface area contributed by atoms with Crippen LogP contribution in [0.15, 0.2) is 0 Å². The van der Waals surface area contributed by atoms with E-state index in [0.29, 0.717) is 0 Å². The molecular formula is CCaO5S. The van der Waals surface area contributed by atoms with Gasteiger partial charge in [0.1, 0.15) is 0 Å². The van der Waals surface area contributed by atoms with Gasteiger partial charge in [-0.25, -0.2) is 0 Å². The Bertz CT molecular complexity index is 80.4. The van der Waals surface area contributed by atoms with Gasteiger partial charge in [-0.1, -0.05) is 0 Å². The van der Waals surface area contributed by atoms with Crippen LogP contribution in [0.25, 0.3) is 0 Å². The van der Waals surface area contributed by atoms with Crippen LogP contribution in [0.5, 0.6) is 0 Å². The van der Waals surface area contributed by atoms with Gasteiger partial charge in [-0.05, 0) is 6.16 Å². The van der Waals surface area contributed by atoms with Gasteiger partial charge in [0.05, 0.1) is 0 Å². The standard InChI is InChI=1S/CH2O3.Ca.O2S/c2-1(3)4;;1-3-2/h(H2,2,3,4);;/q;+2;/p-2. The third-order valence-electron chi connectivity index (χ3n) is 0. The number of hydrogen-bond acceptors (Lipinski definition) is 5. The summed E-state index contributed by atoms with van der Waals surface area (Å²) < 4.78 is 16.6. The molecule has 8 heavy (non-hydrogen) atoms. The third kappa shape index (κ3) is 1490. The normalized spacial score (nSPS) is 4.50. The third-order valence-corrected chi connectivity index (χ3v) is 0. The predicted octanol–water partition coefficient (Wildman–Crippen LogP) is -3.50. The smallest absolute Gasteiger partial charge is 0.652 e. The molecule has 0 fully saturated rings. The maximum Gasteiger partial charge on any atom is 2.00 e. The number of hydrogen-bond donors (Lipinski definition) is 0. The quantitative estimate of drug-likeness (QED) is 0.346. The van der Waals surface area contributed by atoms with Gasteiger partial charge in [0.15, 0.2) is 0 Å². The molecule has 5 nitrogen and oxygen atoms in total. The summed E-state index contributed by atoms with van der Waals surface area (Å²) in [6.07, 6.45) is -2.33. The second-order valence-electron chi connectivity index (χ2n) is 0.318. The summed E-state index contributed by atoms with van der Waals surface area (Å²) in [4.78, 5) is 8.33. The molecule has 0 aliphatic rings. The Hall–Kier alpha value is 0.350. The minimum absolute atomic E-state index is 0. The Morgan fingerprint density at radius 3 is 1.25 bits per heavy atom. The molecule has 0 bridgehead atoms. The van der Waals surface area contributed by atoms with Crippen LogP contribution in [0, 0.1) is 0 Å². The molecule has 7 heteroatoms. The van der Waals surface area contributed by atoms with Crippen LogP contribution >= 0.6 is 0 Å². The molecule has 0 atom stereocenters. The fourth-order valence-corrected chi connectivity index (χ4v) is 0. The molecule has 0 aliphatic carbocycles. The molecule has 0 saturated carbocycles. The van der Waals surface area contributed by atoms with Crippen LogP contribution in [0.2, 0.25) is 0 Å². The van der Waals surface area contributed by atoms with E-state index in [-0.39, 0.29) is 37.7 Å². The van der Waals surface area contributed by atoms with Gasteiger partial charge >= 0.3 is 49.3 Å². The number of carbonyl (C=O) groups excluding carboxylic acids is 1. The van der Waals surface area contributed by atoms with E-state index < -0.39 is 17.7 Å². The van der Waals surface area contributed by atoms with Crippen molar-refractivity contribution < 1.29 is 23.4 Å². The molecule has 0 aromatic rings. The summed E-state index contributed by atoms with van der Waals surface area (Å²) >= 11 is -0.750. The second-order valence-corrected chi connectivity index (χ2v) is 0.454. The largest absolute Gasteiger partial charge is 2.00 e. The zero-order valence-corrected chi connectivity index (χ0v) is 6.68. The molecule has 0 aliphatic heterocycles. The van der Waals surface area contributed by atoms with E-state index in [2.05, 4.69) is 0 Å². The average Bonchev–Trinajstić information content (AvgIpc) is 1.33. The maximum absolute atomic E-state index is 8.33. The zero-order valence-electron chi connectivity index (χ0n) is 3.66. The van der Waals surface area contributed by atoms with Crippen molar-refractivity contribution in [3.05, 3.63) is 0 Å². The van der Waals surface area contributed by atoms with Crippen molar-refractivity contribution in [3.63, 3.8) is 0 Å². The first kappa shape index (κ1) is 15.8. The van der Waals surface area contributed by atoms with E-state index in [0.717, 1.165) is 0 Å². The Morgan fingerprint density at radius 2 is 1.25 bits per heavy atom. The minimum atomic E-state index is -2.33. The van der Waals surface area contributed by atoms with E-state index in [9.17, 15) is 0 Å². The predicted molar refractivity (Wildman–Crippen MR) is 20.1 cm³/mol. The van der Waals surface area contributed by atoms with Crippen LogP contribution in [0.1, 0.15) is 0 Å². The first-order valence-corrected chi connectivity index (χ1v) is 1.61. The molecule has 0 amide bonds. The van der Waals surface area contributed by atoms with E-state index in [1.54, 1.807) is 0 Å². The van der Waals surface area contributed by atoms with Crippen LogP contribution < -0.4 is 10.2 Å². The number of carbonyl (C=O) groups is 1. The van der Waals surface area contributed by atoms with Crippen LogP contribution in [-0.4, -0.2) is 52.3 Å². The van der Waals surface area contributed by atoms with Crippen LogP contribution in [0.4, 0.5) is 4.79 Å². The summed E-state index contributed by atoms with van der Waals surface area (Å²) in [6, 6.07) is 0. The van der Waals surface area contributed by atoms with Crippen molar-refractivity contribution in [2.75, 3.05) is 0 Å². The average molecular weight is 164 g/mol. The molecule has 0 spiro atoms. The maximum atomic E-state index is 8.33. The van der Waals surface area contributed by atoms with Crippen molar-refractivity contribution in [1.29, 1.82) is 0 Å². The number of carboxylic acid groups (broad SMARTS) is 2. The molecule has 0 radical (unpaired) electrons. The van der Waals surface area contributed by atoms with Crippen molar-refractivity contribution in [2.24, 2.45) is 0 Å². The van der Waals surface area contributed by atoms with E-state index in [1.807, 2.05) is 0 Å². The topological polar surface area (TPSA) is 97.3 Å². The molecule has 0 rings (SSSR count). The second kappa shape index (κ2) is 15.7. The first-order chi connectivity index (χ1) is 3.15. The van der Waals surface area contributed by atoms with Crippen molar-refractivity contribution in [2.45, 2.75) is 0 Å². The monoisotopic (exact) mass is 164 g/mol. The van der Waals surface area contributed by atoms with E-state index in [1.165, 1.54) is 0 Å². The molecule has 0 heterocycles. The molecule has 0 unspecified atom stereocenters. The summed E-state index contributed by atoms with van der Waals surface area (Å²) in [5.41, 5.74) is 0. The first-order valence-electron chi connectivity index (χ1n) is 0.946. The van der Waals surface area contributed by atoms with Crippen molar-refractivity contribution in [3.8, 4) is 0 Å². The summed E-state index contributed by atoms with van der Waals surface area (Å²) in [5, 5.41) is 16.7. The Balaban J connectivity index is -0.0000000575.